The largest absolute Gasteiger partial charge is 0.360 e. The van der Waals surface area contributed by atoms with E-state index in [2.05, 4.69) is 58.4 Å². The molecule has 0 aliphatic carbocycles. The molecule has 1 aliphatic rings. The predicted molar refractivity (Wildman–Crippen MR) is 136 cm³/mol. The van der Waals surface area contributed by atoms with Gasteiger partial charge in [-0.1, -0.05) is 29.4 Å². The van der Waals surface area contributed by atoms with E-state index in [1.165, 1.54) is 24.0 Å². The number of anilines is 1. The molecule has 1 N–H and O–H groups in total. The maximum Gasteiger partial charge on any atom is 0.176 e. The van der Waals surface area contributed by atoms with Crippen molar-refractivity contribution >= 4 is 16.7 Å². The quantitative estimate of drug-likeness (QED) is 0.330. The summed E-state index contributed by atoms with van der Waals surface area (Å²) in [7, 11) is 4.55. The molecule has 1 aliphatic heterocycles. The van der Waals surface area contributed by atoms with Crippen LogP contribution in [0.5, 0.6) is 0 Å². The van der Waals surface area contributed by atoms with Gasteiger partial charge in [0.1, 0.15) is 5.65 Å². The highest BCUT2D eigenvalue weighted by molar-refractivity contribution is 5.98. The first kappa shape index (κ1) is 22.4. The van der Waals surface area contributed by atoms with E-state index in [1.54, 1.807) is 6.20 Å². The third-order valence-corrected chi connectivity index (χ3v) is 7.10. The van der Waals surface area contributed by atoms with Crippen molar-refractivity contribution in [1.29, 1.82) is 0 Å². The number of piperazine rings is 1. The first-order valence-electron chi connectivity index (χ1n) is 11.9. The van der Waals surface area contributed by atoms with Crippen LogP contribution in [0.1, 0.15) is 0 Å². The van der Waals surface area contributed by atoms with Gasteiger partial charge in [0.15, 0.2) is 17.4 Å². The van der Waals surface area contributed by atoms with E-state index in [0.717, 1.165) is 53.2 Å². The maximum atomic E-state index is 14.5. The van der Waals surface area contributed by atoms with Gasteiger partial charge in [0.2, 0.25) is 0 Å². The summed E-state index contributed by atoms with van der Waals surface area (Å²) in [5.41, 5.74) is 5.04. The lowest BCUT2D eigenvalue weighted by Crippen LogP contribution is -2.54. The Bertz CT molecular complexity index is 1540. The number of nitrogens with zero attached hydrogens (tertiary/aromatic N) is 4. The molecule has 0 radical (unpaired) electrons. The number of hydrogen-bond acceptors (Lipinski definition) is 4. The first-order chi connectivity index (χ1) is 17.4. The summed E-state index contributed by atoms with van der Waals surface area (Å²) in [5.74, 6) is -1.50. The molecule has 0 atom stereocenters. The Labute approximate surface area is 207 Å². The average Bonchev–Trinajstić information content (AvgIpc) is 3.52. The number of H-pyrrole nitrogens is 1. The van der Waals surface area contributed by atoms with Gasteiger partial charge in [-0.3, -0.25) is 0 Å². The number of fused-ring (bicyclic) bond motifs is 1. The third-order valence-electron chi connectivity index (χ3n) is 7.10. The number of aromatic nitrogens is 3. The highest BCUT2D eigenvalue weighted by Gasteiger charge is 2.24. The molecule has 3 aromatic heterocycles. The van der Waals surface area contributed by atoms with E-state index in [1.807, 2.05) is 12.3 Å². The summed E-state index contributed by atoms with van der Waals surface area (Å²) in [5, 5.41) is 4.68. The number of hydrogen-bond donors (Lipinski definition) is 1. The van der Waals surface area contributed by atoms with E-state index in [4.69, 9.17) is 4.52 Å². The molecule has 6 nitrogen and oxygen atoms in total. The Hall–Kier alpha value is -4.04. The van der Waals surface area contributed by atoms with Gasteiger partial charge in [0.05, 0.1) is 52.0 Å². The van der Waals surface area contributed by atoms with E-state index < -0.39 is 11.6 Å². The van der Waals surface area contributed by atoms with E-state index in [0.29, 0.717) is 22.5 Å². The van der Waals surface area contributed by atoms with Gasteiger partial charge in [0.25, 0.3) is 0 Å². The standard InChI is InChI=1S/C28H26F2N5O/c1-35(2)12-10-34(11-13-35)20-8-6-18(7-9-20)19-14-22-23(16-32-28(22)31-15-19)27-24(17-33-36-27)21-4-3-5-25(29)26(21)30/h3-9,14-17H,10-13H2,1-2H3,(H,31,32)/q+1. The maximum absolute atomic E-state index is 14.5. The highest BCUT2D eigenvalue weighted by atomic mass is 19.2. The molecule has 0 bridgehead atoms. The van der Waals surface area contributed by atoms with Crippen LogP contribution < -0.4 is 4.90 Å². The average molecular weight is 487 g/mol. The molecule has 1 saturated heterocycles. The van der Waals surface area contributed by atoms with Gasteiger partial charge in [-0.2, -0.15) is 0 Å². The van der Waals surface area contributed by atoms with Crippen LogP contribution in [0, 0.1) is 11.6 Å². The van der Waals surface area contributed by atoms with Crippen molar-refractivity contribution in [3.63, 3.8) is 0 Å². The molecule has 4 heterocycles. The summed E-state index contributed by atoms with van der Waals surface area (Å²) in [6.45, 7) is 4.33. The van der Waals surface area contributed by atoms with Crippen molar-refractivity contribution in [3.8, 4) is 33.6 Å². The molecule has 2 aromatic carbocycles. The number of pyridine rings is 1. The fraction of sp³-hybridized carbons (Fsp3) is 0.214. The normalized spacial score (nSPS) is 15.5. The Balaban J connectivity index is 1.34. The van der Waals surface area contributed by atoms with E-state index in [9.17, 15) is 8.78 Å². The Morgan fingerprint density at radius 2 is 1.69 bits per heavy atom. The molecule has 1 fully saturated rings. The molecule has 6 rings (SSSR count). The minimum Gasteiger partial charge on any atom is -0.360 e. The van der Waals surface area contributed by atoms with Gasteiger partial charge < -0.3 is 18.9 Å². The summed E-state index contributed by atoms with van der Waals surface area (Å²) in [6, 6.07) is 14.6. The number of quaternary nitrogens is 1. The van der Waals surface area contributed by atoms with Gasteiger partial charge in [-0.15, -0.1) is 0 Å². The zero-order valence-electron chi connectivity index (χ0n) is 20.1. The summed E-state index contributed by atoms with van der Waals surface area (Å²) in [6.07, 6.45) is 4.98. The SMILES string of the molecule is C[N+]1(C)CCN(c2ccc(-c3cnc4[nH]cc(-c5oncc5-c5cccc(F)c5F)c4c3)cc2)CC1. The van der Waals surface area contributed by atoms with E-state index >= 15 is 0 Å². The first-order valence-corrected chi connectivity index (χ1v) is 11.9. The third kappa shape index (κ3) is 3.93. The molecule has 8 heteroatoms. The molecule has 5 aromatic rings. The highest BCUT2D eigenvalue weighted by Crippen LogP contribution is 2.38. The minimum atomic E-state index is -0.933. The van der Waals surface area contributed by atoms with Crippen LogP contribution in [0.25, 0.3) is 44.6 Å². The van der Waals surface area contributed by atoms with Gasteiger partial charge in [-0.25, -0.2) is 13.8 Å². The van der Waals surface area contributed by atoms with Gasteiger partial charge in [0, 0.05) is 40.2 Å². The predicted octanol–water partition coefficient (Wildman–Crippen LogP) is 5.73. The van der Waals surface area contributed by atoms with Crippen LogP contribution in [0.2, 0.25) is 0 Å². The van der Waals surface area contributed by atoms with Crippen molar-refractivity contribution in [2.75, 3.05) is 45.2 Å². The molecule has 0 spiro atoms. The van der Waals surface area contributed by atoms with E-state index in [-0.39, 0.29) is 5.56 Å². The fourth-order valence-corrected chi connectivity index (χ4v) is 4.82. The molecule has 0 saturated carbocycles. The number of nitrogens with one attached hydrogen (secondary N) is 1. The zero-order valence-corrected chi connectivity index (χ0v) is 20.1. The molecule has 182 valence electrons. The molecular formula is C28H26F2N5O+. The monoisotopic (exact) mass is 486 g/mol. The van der Waals surface area contributed by atoms with Crippen LogP contribution >= 0.6 is 0 Å². The summed E-state index contributed by atoms with van der Waals surface area (Å²) >= 11 is 0. The summed E-state index contributed by atoms with van der Waals surface area (Å²) < 4.78 is 35.0. The fourth-order valence-electron chi connectivity index (χ4n) is 4.82. The number of aromatic amines is 1. The number of benzene rings is 2. The van der Waals surface area contributed by atoms with Crippen molar-refractivity contribution in [2.24, 2.45) is 0 Å². The molecule has 36 heavy (non-hydrogen) atoms. The summed E-state index contributed by atoms with van der Waals surface area (Å²) in [4.78, 5) is 10.2. The van der Waals surface area contributed by atoms with Crippen LogP contribution in [0.4, 0.5) is 14.5 Å². The second-order valence-corrected chi connectivity index (χ2v) is 9.91. The Morgan fingerprint density at radius 1 is 0.917 bits per heavy atom. The minimum absolute atomic E-state index is 0.0974. The van der Waals surface area contributed by atoms with Crippen LogP contribution in [0.3, 0.4) is 0 Å². The topological polar surface area (TPSA) is 58.0 Å². The van der Waals surface area contributed by atoms with Crippen molar-refractivity contribution in [3.05, 3.63) is 78.8 Å². The lowest BCUT2D eigenvalue weighted by molar-refractivity contribution is -0.890. The van der Waals surface area contributed by atoms with Crippen molar-refractivity contribution in [1.82, 2.24) is 15.1 Å². The van der Waals surface area contributed by atoms with Crippen LogP contribution in [-0.4, -0.2) is 59.9 Å². The van der Waals surface area contributed by atoms with Crippen LogP contribution in [-0.2, 0) is 0 Å². The smallest absolute Gasteiger partial charge is 0.176 e. The van der Waals surface area contributed by atoms with Gasteiger partial charge >= 0.3 is 0 Å². The molecule has 0 unspecified atom stereocenters. The Kier molecular flexibility index (Phi) is 5.34. The lowest BCUT2D eigenvalue weighted by Gasteiger charge is -2.40. The molecular weight excluding hydrogens is 460 g/mol. The van der Waals surface area contributed by atoms with Gasteiger partial charge in [-0.05, 0) is 29.8 Å². The zero-order chi connectivity index (χ0) is 24.9. The second kappa shape index (κ2) is 8.57. The number of halogens is 2. The molecule has 0 amide bonds. The number of rotatable bonds is 4. The number of likely N-dealkylation sites (N-methyl/N-ethyl adjacent to an activating group) is 1. The van der Waals surface area contributed by atoms with Crippen LogP contribution in [0.15, 0.2) is 71.6 Å². The Morgan fingerprint density at radius 3 is 2.47 bits per heavy atom. The van der Waals surface area contributed by atoms with Crippen molar-refractivity contribution in [2.45, 2.75) is 0 Å². The van der Waals surface area contributed by atoms with Crippen molar-refractivity contribution < 1.29 is 17.8 Å². The lowest BCUT2D eigenvalue weighted by atomic mass is 10.0. The second-order valence-electron chi connectivity index (χ2n) is 9.91.